The second-order valence-electron chi connectivity index (χ2n) is 2.24. The van der Waals surface area contributed by atoms with E-state index in [1.807, 2.05) is 0 Å². The Balaban J connectivity index is 2.76. The summed E-state index contributed by atoms with van der Waals surface area (Å²) in [5.74, 6) is -0.169. The predicted octanol–water partition coefficient (Wildman–Crippen LogP) is 1.52. The minimum absolute atomic E-state index is 0.122. The Bertz CT molecular complexity index is 307. The minimum Gasteiger partial charge on any atom is -0.508 e. The standard InChI is InChI=1S/C9H9NO2/c1-2-9(12)10-7-4-3-5-8(11)6-7/h2-6,11H,1H2,(H,10,12). The van der Waals surface area contributed by atoms with E-state index in [-0.39, 0.29) is 11.7 Å². The van der Waals surface area contributed by atoms with Crippen LogP contribution in [0.2, 0.25) is 0 Å². The zero-order chi connectivity index (χ0) is 8.97. The number of phenolic OH excluding ortho intramolecular Hbond substituents is 1. The summed E-state index contributed by atoms with van der Waals surface area (Å²) in [7, 11) is 0. The molecule has 3 nitrogen and oxygen atoms in total. The molecule has 0 saturated heterocycles. The number of rotatable bonds is 2. The molecule has 0 atom stereocenters. The lowest BCUT2D eigenvalue weighted by Gasteiger charge is -2.00. The molecule has 0 spiro atoms. The Morgan fingerprint density at radius 2 is 2.33 bits per heavy atom. The number of carbonyl (C=O) groups is 1. The van der Waals surface area contributed by atoms with E-state index in [0.29, 0.717) is 5.69 Å². The van der Waals surface area contributed by atoms with Crippen LogP contribution in [0.25, 0.3) is 0 Å². The van der Waals surface area contributed by atoms with Gasteiger partial charge in [-0.05, 0) is 18.2 Å². The van der Waals surface area contributed by atoms with Gasteiger partial charge in [0.2, 0.25) is 5.91 Å². The Labute approximate surface area is 70.3 Å². The normalized spacial score (nSPS) is 9.00. The monoisotopic (exact) mass is 163 g/mol. The third kappa shape index (κ3) is 2.12. The van der Waals surface area contributed by atoms with E-state index in [9.17, 15) is 4.79 Å². The second kappa shape index (κ2) is 3.57. The number of nitrogens with one attached hydrogen (secondary N) is 1. The molecule has 2 N–H and O–H groups in total. The van der Waals surface area contributed by atoms with Crippen LogP contribution in [-0.4, -0.2) is 11.0 Å². The minimum atomic E-state index is -0.291. The summed E-state index contributed by atoms with van der Waals surface area (Å²) in [5, 5.41) is 11.5. The molecule has 0 aliphatic rings. The molecule has 0 heterocycles. The van der Waals surface area contributed by atoms with Crippen LogP contribution in [0.3, 0.4) is 0 Å². The topological polar surface area (TPSA) is 49.3 Å². The first-order valence-electron chi connectivity index (χ1n) is 3.45. The van der Waals surface area contributed by atoms with Gasteiger partial charge < -0.3 is 10.4 Å². The first-order chi connectivity index (χ1) is 5.72. The predicted molar refractivity (Wildman–Crippen MR) is 46.9 cm³/mol. The van der Waals surface area contributed by atoms with Crippen molar-refractivity contribution in [2.75, 3.05) is 5.32 Å². The number of hydrogen-bond acceptors (Lipinski definition) is 2. The quantitative estimate of drug-likeness (QED) is 0.649. The smallest absolute Gasteiger partial charge is 0.247 e. The number of carbonyl (C=O) groups excluding carboxylic acids is 1. The Morgan fingerprint density at radius 3 is 2.92 bits per heavy atom. The number of phenols is 1. The Hall–Kier alpha value is -1.77. The fraction of sp³-hybridized carbons (Fsp3) is 0. The van der Waals surface area contributed by atoms with Crippen LogP contribution in [0.15, 0.2) is 36.9 Å². The maximum atomic E-state index is 10.8. The van der Waals surface area contributed by atoms with Gasteiger partial charge in [0.15, 0.2) is 0 Å². The third-order valence-corrected chi connectivity index (χ3v) is 1.30. The van der Waals surface area contributed by atoms with Crippen molar-refractivity contribution in [3.05, 3.63) is 36.9 Å². The Kier molecular flexibility index (Phi) is 2.48. The number of anilines is 1. The SMILES string of the molecule is C=CC(=O)Nc1cccc(O)c1. The van der Waals surface area contributed by atoms with Crippen LogP contribution in [0.4, 0.5) is 5.69 Å². The van der Waals surface area contributed by atoms with E-state index in [0.717, 1.165) is 0 Å². The van der Waals surface area contributed by atoms with Crippen molar-refractivity contribution in [2.45, 2.75) is 0 Å². The van der Waals surface area contributed by atoms with Gasteiger partial charge in [0.1, 0.15) is 5.75 Å². The summed E-state index contributed by atoms with van der Waals surface area (Å²) in [6, 6.07) is 6.32. The zero-order valence-electron chi connectivity index (χ0n) is 6.45. The maximum absolute atomic E-state index is 10.8. The van der Waals surface area contributed by atoms with Gasteiger partial charge in [-0.3, -0.25) is 4.79 Å². The average Bonchev–Trinajstić information content (AvgIpc) is 2.04. The highest BCUT2D eigenvalue weighted by Gasteiger charge is 1.96. The molecule has 1 amide bonds. The molecule has 62 valence electrons. The first kappa shape index (κ1) is 8.33. The lowest BCUT2D eigenvalue weighted by atomic mass is 10.3. The van der Waals surface area contributed by atoms with Crippen molar-refractivity contribution in [3.8, 4) is 5.75 Å². The number of hydrogen-bond donors (Lipinski definition) is 2. The van der Waals surface area contributed by atoms with Gasteiger partial charge in [-0.15, -0.1) is 0 Å². The van der Waals surface area contributed by atoms with Crippen LogP contribution in [0, 0.1) is 0 Å². The van der Waals surface area contributed by atoms with Gasteiger partial charge in [0.05, 0.1) is 0 Å². The van der Waals surface area contributed by atoms with Gasteiger partial charge in [-0.1, -0.05) is 12.6 Å². The fourth-order valence-electron chi connectivity index (χ4n) is 0.777. The van der Waals surface area contributed by atoms with E-state index in [1.165, 1.54) is 18.2 Å². The molecule has 0 radical (unpaired) electrons. The van der Waals surface area contributed by atoms with Crippen molar-refractivity contribution >= 4 is 11.6 Å². The second-order valence-corrected chi connectivity index (χ2v) is 2.24. The molecule has 1 rings (SSSR count). The molecule has 0 saturated carbocycles. The van der Waals surface area contributed by atoms with Gasteiger partial charge >= 0.3 is 0 Å². The third-order valence-electron chi connectivity index (χ3n) is 1.30. The van der Waals surface area contributed by atoms with E-state index < -0.39 is 0 Å². The molecule has 12 heavy (non-hydrogen) atoms. The van der Waals surface area contributed by atoms with Crippen LogP contribution in [0.1, 0.15) is 0 Å². The van der Waals surface area contributed by atoms with Crippen LogP contribution < -0.4 is 5.32 Å². The zero-order valence-corrected chi connectivity index (χ0v) is 6.45. The van der Waals surface area contributed by atoms with Crippen LogP contribution >= 0.6 is 0 Å². The molecule has 0 aliphatic heterocycles. The van der Waals surface area contributed by atoms with Crippen molar-refractivity contribution in [1.82, 2.24) is 0 Å². The lowest BCUT2D eigenvalue weighted by molar-refractivity contribution is -0.111. The number of amides is 1. The van der Waals surface area contributed by atoms with Gasteiger partial charge in [0, 0.05) is 11.8 Å². The van der Waals surface area contributed by atoms with Crippen LogP contribution in [-0.2, 0) is 4.79 Å². The average molecular weight is 163 g/mol. The molecule has 0 aromatic heterocycles. The Morgan fingerprint density at radius 1 is 1.58 bits per heavy atom. The summed E-state index contributed by atoms with van der Waals surface area (Å²) in [6.45, 7) is 3.30. The molecule has 3 heteroatoms. The summed E-state index contributed by atoms with van der Waals surface area (Å²) < 4.78 is 0. The highest BCUT2D eigenvalue weighted by atomic mass is 16.3. The summed E-state index contributed by atoms with van der Waals surface area (Å²) in [6.07, 6.45) is 1.17. The van der Waals surface area contributed by atoms with Crippen molar-refractivity contribution in [2.24, 2.45) is 0 Å². The maximum Gasteiger partial charge on any atom is 0.247 e. The molecule has 1 aromatic carbocycles. The fourth-order valence-corrected chi connectivity index (χ4v) is 0.777. The molecular formula is C9H9NO2. The van der Waals surface area contributed by atoms with E-state index in [2.05, 4.69) is 11.9 Å². The molecule has 1 aromatic rings. The lowest BCUT2D eigenvalue weighted by Crippen LogP contribution is -2.06. The summed E-state index contributed by atoms with van der Waals surface area (Å²) >= 11 is 0. The molecule has 0 unspecified atom stereocenters. The largest absolute Gasteiger partial charge is 0.508 e. The van der Waals surface area contributed by atoms with Crippen molar-refractivity contribution in [1.29, 1.82) is 0 Å². The highest BCUT2D eigenvalue weighted by molar-refractivity contribution is 5.98. The first-order valence-corrected chi connectivity index (χ1v) is 3.45. The van der Waals surface area contributed by atoms with E-state index in [1.54, 1.807) is 12.1 Å². The van der Waals surface area contributed by atoms with Crippen LogP contribution in [0.5, 0.6) is 5.75 Å². The van der Waals surface area contributed by atoms with Gasteiger partial charge in [-0.25, -0.2) is 0 Å². The summed E-state index contributed by atoms with van der Waals surface area (Å²) in [5.41, 5.74) is 0.555. The van der Waals surface area contributed by atoms with Gasteiger partial charge in [0.25, 0.3) is 0 Å². The number of benzene rings is 1. The van der Waals surface area contributed by atoms with Crippen molar-refractivity contribution in [3.63, 3.8) is 0 Å². The van der Waals surface area contributed by atoms with E-state index in [4.69, 9.17) is 5.11 Å². The number of aromatic hydroxyl groups is 1. The van der Waals surface area contributed by atoms with Gasteiger partial charge in [-0.2, -0.15) is 0 Å². The molecule has 0 aliphatic carbocycles. The summed E-state index contributed by atoms with van der Waals surface area (Å²) in [4.78, 5) is 10.8. The molecular weight excluding hydrogens is 154 g/mol. The van der Waals surface area contributed by atoms with Crippen molar-refractivity contribution < 1.29 is 9.90 Å². The molecule has 0 bridgehead atoms. The van der Waals surface area contributed by atoms with E-state index >= 15 is 0 Å². The molecule has 0 fully saturated rings. The highest BCUT2D eigenvalue weighted by Crippen LogP contribution is 2.14.